The lowest BCUT2D eigenvalue weighted by Gasteiger charge is -2.47. The smallest absolute Gasteiger partial charge is 0.252 e. The molecule has 9 aromatic rings. The number of para-hydroxylation sites is 4. The lowest BCUT2D eigenvalue weighted by Crippen LogP contribution is -2.62. The van der Waals surface area contributed by atoms with Crippen LogP contribution in [0.3, 0.4) is 0 Å². The van der Waals surface area contributed by atoms with Crippen LogP contribution in [0.15, 0.2) is 138 Å². The van der Waals surface area contributed by atoms with Gasteiger partial charge in [-0.1, -0.05) is 120 Å². The van der Waals surface area contributed by atoms with Crippen molar-refractivity contribution in [2.45, 2.75) is 52.4 Å². The van der Waals surface area contributed by atoms with E-state index in [9.17, 15) is 0 Å². The number of anilines is 6. The molecule has 0 saturated carbocycles. The fourth-order valence-electron chi connectivity index (χ4n) is 10.00. The maximum absolute atomic E-state index is 6.53. The van der Waals surface area contributed by atoms with E-state index in [4.69, 9.17) is 4.42 Å². The lowest BCUT2D eigenvalue weighted by molar-refractivity contribution is 0.590. The topological polar surface area (TPSA) is 24.6 Å². The first-order chi connectivity index (χ1) is 26.6. The predicted octanol–water partition coefficient (Wildman–Crippen LogP) is 11.7. The van der Waals surface area contributed by atoms with Crippen molar-refractivity contribution in [1.82, 2.24) is 4.57 Å². The summed E-state index contributed by atoms with van der Waals surface area (Å²) in [5, 5.41) is 4.85. The molecule has 0 saturated heterocycles. The number of hydrogen-bond acceptors (Lipinski definition) is 3. The van der Waals surface area contributed by atoms with Crippen molar-refractivity contribution < 1.29 is 4.42 Å². The minimum atomic E-state index is -0.103. The van der Waals surface area contributed by atoms with Gasteiger partial charge in [0.1, 0.15) is 11.2 Å². The standard InChI is InChI=1S/C50H40BN3O/c1-49(2,3)29-24-25-37-35(26-29)51-34-17-12-21-40-48(34)54(39-20-11-16-32-31-14-7-9-18-36(31)53(40)47(32)39)42-28-30(50(4,5)6)27-41(46(42)51)52(37)38-19-13-23-44-45(38)33-15-8-10-22-43(33)55-44/h7-28H,1-6H3. The van der Waals surface area contributed by atoms with Crippen molar-refractivity contribution in [2.75, 3.05) is 9.80 Å². The largest absolute Gasteiger partial charge is 0.456 e. The second kappa shape index (κ2) is 10.3. The number of furan rings is 1. The van der Waals surface area contributed by atoms with E-state index in [1.807, 2.05) is 0 Å². The zero-order valence-corrected chi connectivity index (χ0v) is 32.0. The van der Waals surface area contributed by atoms with Crippen molar-refractivity contribution in [3.63, 3.8) is 0 Å². The van der Waals surface area contributed by atoms with Gasteiger partial charge in [-0.3, -0.25) is 0 Å². The molecule has 0 radical (unpaired) electrons. The molecule has 12 rings (SSSR count). The molecule has 0 atom stereocenters. The molecule has 0 spiro atoms. The van der Waals surface area contributed by atoms with Crippen molar-refractivity contribution in [3.05, 3.63) is 145 Å². The van der Waals surface area contributed by atoms with Crippen LogP contribution < -0.4 is 26.2 Å². The van der Waals surface area contributed by atoms with Crippen LogP contribution in [0.2, 0.25) is 0 Å². The van der Waals surface area contributed by atoms with Crippen LogP contribution in [0.5, 0.6) is 0 Å². The van der Waals surface area contributed by atoms with E-state index in [1.165, 1.54) is 83.4 Å². The van der Waals surface area contributed by atoms with E-state index < -0.39 is 0 Å². The molecule has 0 aliphatic carbocycles. The molecule has 3 aliphatic heterocycles. The van der Waals surface area contributed by atoms with E-state index in [0.717, 1.165) is 27.6 Å². The first-order valence-corrected chi connectivity index (χ1v) is 19.6. The molecule has 0 fully saturated rings. The fourth-order valence-corrected chi connectivity index (χ4v) is 10.00. The molecule has 55 heavy (non-hydrogen) atoms. The van der Waals surface area contributed by atoms with Gasteiger partial charge in [-0.2, -0.15) is 0 Å². The van der Waals surface area contributed by atoms with Crippen LogP contribution in [0.25, 0.3) is 49.4 Å². The molecular weight excluding hydrogens is 669 g/mol. The average molecular weight is 710 g/mol. The maximum Gasteiger partial charge on any atom is 0.252 e. The van der Waals surface area contributed by atoms with Gasteiger partial charge in [-0.05, 0) is 92.9 Å². The quantitative estimate of drug-likeness (QED) is 0.159. The van der Waals surface area contributed by atoms with Crippen LogP contribution in [-0.4, -0.2) is 11.3 Å². The first-order valence-electron chi connectivity index (χ1n) is 19.6. The number of rotatable bonds is 1. The highest BCUT2D eigenvalue weighted by atomic mass is 16.3. The zero-order chi connectivity index (χ0) is 37.1. The van der Waals surface area contributed by atoms with Gasteiger partial charge in [-0.15, -0.1) is 0 Å². The molecule has 4 nitrogen and oxygen atoms in total. The van der Waals surface area contributed by atoms with Gasteiger partial charge in [0.25, 0.3) is 6.71 Å². The molecule has 0 unspecified atom stereocenters. The summed E-state index contributed by atoms with van der Waals surface area (Å²) < 4.78 is 9.06. The third kappa shape index (κ3) is 3.98. The number of fused-ring (bicyclic) bond motifs is 12. The molecule has 3 aliphatic rings. The van der Waals surface area contributed by atoms with Gasteiger partial charge in [0, 0.05) is 33.2 Å². The van der Waals surface area contributed by atoms with Crippen LogP contribution >= 0.6 is 0 Å². The van der Waals surface area contributed by atoms with Gasteiger partial charge in [0.2, 0.25) is 0 Å². The molecule has 0 bridgehead atoms. The summed E-state index contributed by atoms with van der Waals surface area (Å²) in [4.78, 5) is 5.17. The molecule has 0 amide bonds. The van der Waals surface area contributed by atoms with Crippen LogP contribution in [-0.2, 0) is 10.8 Å². The molecule has 264 valence electrons. The predicted molar refractivity (Wildman–Crippen MR) is 233 cm³/mol. The SMILES string of the molecule is CC(C)(C)c1ccc2c(c1)B1c3cccc4c3N(c3cc(C(C)(C)C)cc(c31)N2c1cccc2oc3ccccc3c12)c1cccc2c3ccccc3n-4c12. The summed E-state index contributed by atoms with van der Waals surface area (Å²) in [6, 6.07) is 50.1. The highest BCUT2D eigenvalue weighted by Gasteiger charge is 2.47. The summed E-state index contributed by atoms with van der Waals surface area (Å²) in [5.74, 6) is 0. The lowest BCUT2D eigenvalue weighted by atomic mass is 9.33. The summed E-state index contributed by atoms with van der Waals surface area (Å²) in [6.45, 7) is 14.0. The van der Waals surface area contributed by atoms with Crippen molar-refractivity contribution in [3.8, 4) is 5.69 Å². The van der Waals surface area contributed by atoms with E-state index in [1.54, 1.807) is 0 Å². The molecule has 0 N–H and O–H groups in total. The van der Waals surface area contributed by atoms with Crippen molar-refractivity contribution >= 4 is 101 Å². The maximum atomic E-state index is 6.53. The molecule has 5 heterocycles. The van der Waals surface area contributed by atoms with Gasteiger partial charge >= 0.3 is 0 Å². The van der Waals surface area contributed by atoms with E-state index in [-0.39, 0.29) is 17.5 Å². The first kappa shape index (κ1) is 31.2. The van der Waals surface area contributed by atoms with Crippen LogP contribution in [0.1, 0.15) is 52.7 Å². The number of hydrogen-bond donors (Lipinski definition) is 0. The second-order valence-corrected chi connectivity index (χ2v) is 17.8. The third-order valence-electron chi connectivity index (χ3n) is 12.6. The highest BCUT2D eigenvalue weighted by molar-refractivity contribution is 7.00. The number of benzene rings is 7. The number of nitrogens with zero attached hydrogens (tertiary/aromatic N) is 3. The molecular formula is C50H40BN3O. The van der Waals surface area contributed by atoms with Crippen LogP contribution in [0.4, 0.5) is 34.1 Å². The monoisotopic (exact) mass is 709 g/mol. The van der Waals surface area contributed by atoms with Gasteiger partial charge in [0.15, 0.2) is 0 Å². The minimum absolute atomic E-state index is 0.0226. The third-order valence-corrected chi connectivity index (χ3v) is 12.6. The Hall–Kier alpha value is -6.20. The Morgan fingerprint density at radius 3 is 1.95 bits per heavy atom. The molecule has 7 aromatic carbocycles. The highest BCUT2D eigenvalue weighted by Crippen LogP contribution is 2.53. The average Bonchev–Trinajstić information content (AvgIpc) is 3.73. The van der Waals surface area contributed by atoms with Crippen LogP contribution in [0, 0.1) is 0 Å². The van der Waals surface area contributed by atoms with E-state index in [0.29, 0.717) is 0 Å². The molecule has 2 aromatic heterocycles. The van der Waals surface area contributed by atoms with Gasteiger partial charge < -0.3 is 18.8 Å². The zero-order valence-electron chi connectivity index (χ0n) is 32.0. The molecule has 5 heteroatoms. The Labute approximate surface area is 321 Å². The van der Waals surface area contributed by atoms with E-state index >= 15 is 0 Å². The summed E-state index contributed by atoms with van der Waals surface area (Å²) in [5.41, 5.74) is 19.5. The number of aromatic nitrogens is 1. The Bertz CT molecular complexity index is 3150. The normalized spacial score (nSPS) is 14.3. The Morgan fingerprint density at radius 2 is 1.13 bits per heavy atom. The summed E-state index contributed by atoms with van der Waals surface area (Å²) in [6.07, 6.45) is 0. The van der Waals surface area contributed by atoms with Crippen molar-refractivity contribution in [1.29, 1.82) is 0 Å². The summed E-state index contributed by atoms with van der Waals surface area (Å²) >= 11 is 0. The summed E-state index contributed by atoms with van der Waals surface area (Å²) in [7, 11) is 0. The van der Waals surface area contributed by atoms with Gasteiger partial charge in [0.05, 0.1) is 39.2 Å². The Kier molecular flexibility index (Phi) is 5.84. The fraction of sp³-hybridized carbons (Fsp3) is 0.160. The van der Waals surface area contributed by atoms with Crippen molar-refractivity contribution in [2.24, 2.45) is 0 Å². The Balaban J connectivity index is 1.27. The van der Waals surface area contributed by atoms with E-state index in [2.05, 4.69) is 189 Å². The Morgan fingerprint density at radius 1 is 0.473 bits per heavy atom. The second-order valence-electron chi connectivity index (χ2n) is 17.8. The van der Waals surface area contributed by atoms with Gasteiger partial charge in [-0.25, -0.2) is 0 Å². The minimum Gasteiger partial charge on any atom is -0.456 e.